The van der Waals surface area contributed by atoms with Gasteiger partial charge in [-0.15, -0.1) is 11.8 Å². The maximum absolute atomic E-state index is 13.3. The lowest BCUT2D eigenvalue weighted by Crippen LogP contribution is -2.36. The van der Waals surface area contributed by atoms with Crippen LogP contribution >= 0.6 is 11.8 Å². The second-order valence-electron chi connectivity index (χ2n) is 4.22. The number of aromatic carboxylic acids is 1. The van der Waals surface area contributed by atoms with E-state index in [1.807, 2.05) is 13.8 Å². The molecule has 1 N–H and O–H groups in total. The van der Waals surface area contributed by atoms with Crippen LogP contribution in [0.2, 0.25) is 0 Å². The summed E-state index contributed by atoms with van der Waals surface area (Å²) in [4.78, 5) is 25.3. The minimum Gasteiger partial charge on any atom is -0.478 e. The molecule has 0 saturated carbocycles. The average Bonchev–Trinajstić information content (AvgIpc) is 2.41. The molecule has 0 aromatic heterocycles. The molecule has 0 heterocycles. The molecule has 1 unspecified atom stereocenters. The Kier molecular flexibility index (Phi) is 6.01. The van der Waals surface area contributed by atoms with Gasteiger partial charge in [-0.3, -0.25) is 4.79 Å². The molecule has 0 saturated heterocycles. The summed E-state index contributed by atoms with van der Waals surface area (Å²) >= 11 is 1.23. The first-order valence-corrected chi connectivity index (χ1v) is 7.26. The molecule has 6 heteroatoms. The van der Waals surface area contributed by atoms with Gasteiger partial charge in [0.1, 0.15) is 5.82 Å². The first-order chi connectivity index (χ1) is 9.40. The summed E-state index contributed by atoms with van der Waals surface area (Å²) in [5, 5.41) is 8.53. The first kappa shape index (κ1) is 16.5. The molecule has 0 spiro atoms. The van der Waals surface area contributed by atoms with Gasteiger partial charge in [0.2, 0.25) is 5.91 Å². The van der Waals surface area contributed by atoms with Crippen molar-refractivity contribution in [3.8, 4) is 0 Å². The lowest BCUT2D eigenvalue weighted by Gasteiger charge is -2.22. The van der Waals surface area contributed by atoms with Crippen molar-refractivity contribution in [2.24, 2.45) is 0 Å². The maximum Gasteiger partial charge on any atom is 0.338 e. The number of hydrogen-bond acceptors (Lipinski definition) is 3. The molecule has 0 radical (unpaired) electrons. The minimum absolute atomic E-state index is 0.0128. The molecule has 20 heavy (non-hydrogen) atoms. The van der Waals surface area contributed by atoms with Crippen LogP contribution in [0.4, 0.5) is 4.39 Å². The number of rotatable bonds is 6. The van der Waals surface area contributed by atoms with Gasteiger partial charge in [0, 0.05) is 18.0 Å². The number of carboxylic acids is 1. The van der Waals surface area contributed by atoms with Crippen LogP contribution in [0.1, 0.15) is 31.1 Å². The van der Waals surface area contributed by atoms with E-state index in [-0.39, 0.29) is 16.7 Å². The Morgan fingerprint density at radius 1 is 1.35 bits per heavy atom. The molecule has 0 bridgehead atoms. The lowest BCUT2D eigenvalue weighted by atomic mass is 10.2. The Morgan fingerprint density at radius 2 is 1.95 bits per heavy atom. The zero-order chi connectivity index (χ0) is 15.3. The van der Waals surface area contributed by atoms with E-state index in [0.717, 1.165) is 6.07 Å². The quantitative estimate of drug-likeness (QED) is 0.821. The molecule has 1 aromatic carbocycles. The number of amides is 1. The van der Waals surface area contributed by atoms with Crippen LogP contribution in [-0.4, -0.2) is 40.2 Å². The number of nitrogens with zero attached hydrogens (tertiary/aromatic N) is 1. The monoisotopic (exact) mass is 299 g/mol. The Morgan fingerprint density at radius 3 is 2.45 bits per heavy atom. The van der Waals surface area contributed by atoms with E-state index in [9.17, 15) is 14.0 Å². The number of carbonyl (C=O) groups is 2. The third-order valence-corrected chi connectivity index (χ3v) is 3.99. The van der Waals surface area contributed by atoms with E-state index in [4.69, 9.17) is 5.11 Å². The Balaban J connectivity index is 2.85. The van der Waals surface area contributed by atoms with E-state index in [1.54, 1.807) is 11.8 Å². The predicted molar refractivity (Wildman–Crippen MR) is 76.6 cm³/mol. The first-order valence-electron chi connectivity index (χ1n) is 6.38. The van der Waals surface area contributed by atoms with E-state index in [2.05, 4.69) is 0 Å². The number of carbonyl (C=O) groups excluding carboxylic acids is 1. The van der Waals surface area contributed by atoms with Gasteiger partial charge in [-0.25, -0.2) is 9.18 Å². The molecular weight excluding hydrogens is 281 g/mol. The van der Waals surface area contributed by atoms with Crippen LogP contribution in [0.5, 0.6) is 0 Å². The lowest BCUT2D eigenvalue weighted by molar-refractivity contribution is -0.129. The number of carboxylic acid groups (broad SMARTS) is 1. The summed E-state index contributed by atoms with van der Waals surface area (Å²) in [6, 6.07) is 3.85. The van der Waals surface area contributed by atoms with Gasteiger partial charge in [-0.1, -0.05) is 0 Å². The van der Waals surface area contributed by atoms with Gasteiger partial charge in [-0.05, 0) is 39.0 Å². The SMILES string of the molecule is CCN(CC)C(=O)C(C)Sc1ccc(F)c(C(=O)O)c1. The smallest absolute Gasteiger partial charge is 0.338 e. The van der Waals surface area contributed by atoms with Crippen LogP contribution in [-0.2, 0) is 4.79 Å². The number of benzene rings is 1. The van der Waals surface area contributed by atoms with Gasteiger partial charge >= 0.3 is 5.97 Å². The highest BCUT2D eigenvalue weighted by Crippen LogP contribution is 2.26. The fourth-order valence-electron chi connectivity index (χ4n) is 1.79. The summed E-state index contributed by atoms with van der Waals surface area (Å²) in [5.74, 6) is -2.10. The van der Waals surface area contributed by atoms with Gasteiger partial charge < -0.3 is 10.0 Å². The number of thioether (sulfide) groups is 1. The highest BCUT2D eigenvalue weighted by molar-refractivity contribution is 8.00. The number of hydrogen-bond donors (Lipinski definition) is 1. The highest BCUT2D eigenvalue weighted by atomic mass is 32.2. The summed E-state index contributed by atoms with van der Waals surface area (Å²) in [5.41, 5.74) is -0.377. The highest BCUT2D eigenvalue weighted by Gasteiger charge is 2.20. The van der Waals surface area contributed by atoms with Gasteiger partial charge in [0.05, 0.1) is 10.8 Å². The summed E-state index contributed by atoms with van der Waals surface area (Å²) in [6.45, 7) is 6.82. The van der Waals surface area contributed by atoms with Crippen LogP contribution in [0.25, 0.3) is 0 Å². The maximum atomic E-state index is 13.3. The van der Waals surface area contributed by atoms with Crippen molar-refractivity contribution in [3.63, 3.8) is 0 Å². The molecular formula is C14H18FNO3S. The van der Waals surface area contributed by atoms with Crippen molar-refractivity contribution in [1.82, 2.24) is 4.90 Å². The normalized spacial score (nSPS) is 12.0. The minimum atomic E-state index is -1.31. The van der Waals surface area contributed by atoms with Crippen LogP contribution < -0.4 is 0 Å². The zero-order valence-electron chi connectivity index (χ0n) is 11.7. The molecule has 0 aliphatic heterocycles. The Bertz CT molecular complexity index is 503. The van der Waals surface area contributed by atoms with Crippen molar-refractivity contribution >= 4 is 23.6 Å². The fraction of sp³-hybridized carbons (Fsp3) is 0.429. The van der Waals surface area contributed by atoms with E-state index >= 15 is 0 Å². The van der Waals surface area contributed by atoms with Gasteiger partial charge in [-0.2, -0.15) is 0 Å². The van der Waals surface area contributed by atoms with Crippen molar-refractivity contribution in [2.45, 2.75) is 30.9 Å². The molecule has 0 aliphatic carbocycles. The van der Waals surface area contributed by atoms with Crippen molar-refractivity contribution in [1.29, 1.82) is 0 Å². The molecule has 0 aliphatic rings. The Hall–Kier alpha value is -1.56. The van der Waals surface area contributed by atoms with Gasteiger partial charge in [0.15, 0.2) is 0 Å². The molecule has 0 fully saturated rings. The van der Waals surface area contributed by atoms with Crippen molar-refractivity contribution < 1.29 is 19.1 Å². The zero-order valence-corrected chi connectivity index (χ0v) is 12.5. The predicted octanol–water partition coefficient (Wildman–Crippen LogP) is 2.87. The summed E-state index contributed by atoms with van der Waals surface area (Å²) in [6.07, 6.45) is 0. The van der Waals surface area contributed by atoms with E-state index in [0.29, 0.717) is 18.0 Å². The van der Waals surface area contributed by atoms with E-state index < -0.39 is 11.8 Å². The van der Waals surface area contributed by atoms with Crippen molar-refractivity contribution in [3.05, 3.63) is 29.6 Å². The van der Waals surface area contributed by atoms with Crippen molar-refractivity contribution in [2.75, 3.05) is 13.1 Å². The average molecular weight is 299 g/mol. The van der Waals surface area contributed by atoms with Gasteiger partial charge in [0.25, 0.3) is 0 Å². The number of halogens is 1. The van der Waals surface area contributed by atoms with Crippen LogP contribution in [0, 0.1) is 5.82 Å². The Labute approximate surface area is 122 Å². The topological polar surface area (TPSA) is 57.6 Å². The largest absolute Gasteiger partial charge is 0.478 e. The molecule has 1 amide bonds. The molecule has 1 rings (SSSR count). The third kappa shape index (κ3) is 3.96. The summed E-state index contributed by atoms with van der Waals surface area (Å²) < 4.78 is 13.3. The molecule has 1 atom stereocenters. The third-order valence-electron chi connectivity index (χ3n) is 2.90. The van der Waals surface area contributed by atoms with E-state index in [1.165, 1.54) is 23.9 Å². The second kappa shape index (κ2) is 7.28. The molecule has 110 valence electrons. The molecule has 1 aromatic rings. The standard InChI is InChI=1S/C14H18FNO3S/c1-4-16(5-2)13(17)9(3)20-10-6-7-12(15)11(8-10)14(18)19/h6-9H,4-5H2,1-3H3,(H,18,19). The summed E-state index contributed by atoms with van der Waals surface area (Å²) in [7, 11) is 0. The second-order valence-corrected chi connectivity index (χ2v) is 5.63. The van der Waals surface area contributed by atoms with Crippen LogP contribution in [0.15, 0.2) is 23.1 Å². The van der Waals surface area contributed by atoms with Crippen LogP contribution in [0.3, 0.4) is 0 Å². The molecule has 4 nitrogen and oxygen atoms in total. The fourth-order valence-corrected chi connectivity index (χ4v) is 2.78.